The van der Waals surface area contributed by atoms with E-state index in [1.165, 1.54) is 18.2 Å². The van der Waals surface area contributed by atoms with Crippen LogP contribution in [-0.2, 0) is 20.8 Å². The van der Waals surface area contributed by atoms with E-state index in [9.17, 15) is 14.4 Å². The number of nitrogens with two attached hydrogens (primary N) is 1. The molecule has 1 saturated heterocycles. The zero-order valence-electron chi connectivity index (χ0n) is 13.4. The van der Waals surface area contributed by atoms with Crippen molar-refractivity contribution < 1.29 is 14.4 Å². The number of hydrogen-bond acceptors (Lipinski definition) is 5. The maximum atomic E-state index is 12.5. The molecule has 8 heteroatoms. The van der Waals surface area contributed by atoms with Gasteiger partial charge in [0.2, 0.25) is 11.8 Å². The van der Waals surface area contributed by atoms with Crippen LogP contribution in [0.5, 0.6) is 0 Å². The van der Waals surface area contributed by atoms with Crippen molar-refractivity contribution in [1.29, 1.82) is 0 Å². The Morgan fingerprint density at radius 3 is 2.87 bits per heavy atom. The van der Waals surface area contributed by atoms with Crippen LogP contribution in [0.4, 0.5) is 0 Å². The summed E-state index contributed by atoms with van der Waals surface area (Å²) in [6.07, 6.45) is 4.82. The van der Waals surface area contributed by atoms with Crippen LogP contribution in [0.3, 0.4) is 0 Å². The molecular weight excluding hydrogens is 298 g/mol. The number of nitrogens with zero attached hydrogens (tertiary/aromatic N) is 2. The molecule has 0 aliphatic carbocycles. The summed E-state index contributed by atoms with van der Waals surface area (Å²) >= 11 is 0. The van der Waals surface area contributed by atoms with Gasteiger partial charge >= 0.3 is 0 Å². The van der Waals surface area contributed by atoms with E-state index in [2.05, 4.69) is 15.3 Å². The van der Waals surface area contributed by atoms with Crippen molar-refractivity contribution >= 4 is 17.6 Å². The molecule has 2 rings (SSSR count). The van der Waals surface area contributed by atoms with E-state index < -0.39 is 18.1 Å². The number of imidazole rings is 1. The number of ketones is 1. The number of rotatable bonds is 6. The number of likely N-dealkylation sites (tertiary alicyclic amines) is 1. The van der Waals surface area contributed by atoms with E-state index in [-0.39, 0.29) is 17.6 Å². The van der Waals surface area contributed by atoms with Crippen molar-refractivity contribution in [2.75, 3.05) is 6.54 Å². The molecule has 0 unspecified atom stereocenters. The molecule has 1 aliphatic rings. The van der Waals surface area contributed by atoms with Crippen molar-refractivity contribution in [3.05, 3.63) is 18.2 Å². The second-order valence-corrected chi connectivity index (χ2v) is 5.92. The van der Waals surface area contributed by atoms with E-state index in [0.29, 0.717) is 19.4 Å². The van der Waals surface area contributed by atoms with E-state index in [0.717, 1.165) is 12.1 Å². The number of nitrogens with one attached hydrogen (secondary N) is 2. The van der Waals surface area contributed by atoms with Crippen LogP contribution in [0.2, 0.25) is 0 Å². The lowest BCUT2D eigenvalue weighted by Crippen LogP contribution is -2.53. The van der Waals surface area contributed by atoms with Crippen LogP contribution in [0, 0.1) is 0 Å². The number of Topliss-reactive ketones (excluding diaryl/α,β-unsaturated/α-hetero) is 1. The van der Waals surface area contributed by atoms with Crippen molar-refractivity contribution in [2.45, 2.75) is 51.2 Å². The summed E-state index contributed by atoms with van der Waals surface area (Å²) in [6.45, 7) is 3.55. The second-order valence-electron chi connectivity index (χ2n) is 5.92. The van der Waals surface area contributed by atoms with Gasteiger partial charge in [0.1, 0.15) is 6.04 Å². The van der Waals surface area contributed by atoms with Crippen LogP contribution < -0.4 is 11.1 Å². The Morgan fingerprint density at radius 1 is 1.52 bits per heavy atom. The predicted octanol–water partition coefficient (Wildman–Crippen LogP) is -0.636. The molecule has 0 saturated carbocycles. The van der Waals surface area contributed by atoms with E-state index >= 15 is 0 Å². The van der Waals surface area contributed by atoms with Crippen LogP contribution in [0.1, 0.15) is 32.4 Å². The third-order valence-electron chi connectivity index (χ3n) is 4.12. The summed E-state index contributed by atoms with van der Waals surface area (Å²) in [5.41, 5.74) is 6.75. The molecule has 3 atom stereocenters. The van der Waals surface area contributed by atoms with Gasteiger partial charge in [-0.3, -0.25) is 14.4 Å². The second kappa shape index (κ2) is 7.36. The molecule has 1 aromatic rings. The van der Waals surface area contributed by atoms with Crippen LogP contribution in [-0.4, -0.2) is 57.1 Å². The number of H-pyrrole nitrogens is 1. The molecule has 4 N–H and O–H groups in total. The molecule has 1 aliphatic heterocycles. The van der Waals surface area contributed by atoms with Gasteiger partial charge in [0.25, 0.3) is 0 Å². The van der Waals surface area contributed by atoms with Gasteiger partial charge in [0, 0.05) is 24.9 Å². The van der Waals surface area contributed by atoms with Gasteiger partial charge in [-0.05, 0) is 26.7 Å². The van der Waals surface area contributed by atoms with E-state index in [4.69, 9.17) is 5.73 Å². The molecule has 2 heterocycles. The normalized spacial score (nSPS) is 20.1. The quantitative estimate of drug-likeness (QED) is 0.644. The predicted molar refractivity (Wildman–Crippen MR) is 83.3 cm³/mol. The topological polar surface area (TPSA) is 121 Å². The zero-order chi connectivity index (χ0) is 17.0. The molecule has 1 fully saturated rings. The van der Waals surface area contributed by atoms with Gasteiger partial charge in [-0.25, -0.2) is 4.98 Å². The zero-order valence-corrected chi connectivity index (χ0v) is 13.4. The number of carbonyl (C=O) groups excluding carboxylic acids is 3. The minimum Gasteiger partial charge on any atom is -0.348 e. The first kappa shape index (κ1) is 17.1. The Labute approximate surface area is 134 Å². The highest BCUT2D eigenvalue weighted by atomic mass is 16.2. The first-order valence-corrected chi connectivity index (χ1v) is 7.74. The Balaban J connectivity index is 1.98. The van der Waals surface area contributed by atoms with Gasteiger partial charge in [-0.15, -0.1) is 0 Å². The smallest absolute Gasteiger partial charge is 0.243 e. The van der Waals surface area contributed by atoms with Gasteiger partial charge in [0.15, 0.2) is 5.78 Å². The number of hydrogen-bond donors (Lipinski definition) is 3. The third-order valence-corrected chi connectivity index (χ3v) is 4.12. The van der Waals surface area contributed by atoms with Crippen molar-refractivity contribution in [2.24, 2.45) is 5.73 Å². The molecule has 0 aromatic carbocycles. The van der Waals surface area contributed by atoms with Crippen molar-refractivity contribution in [3.63, 3.8) is 0 Å². The summed E-state index contributed by atoms with van der Waals surface area (Å²) in [7, 11) is 0. The summed E-state index contributed by atoms with van der Waals surface area (Å²) in [5.74, 6) is -0.676. The highest BCUT2D eigenvalue weighted by Gasteiger charge is 2.36. The number of amides is 2. The molecule has 126 valence electrons. The summed E-state index contributed by atoms with van der Waals surface area (Å²) < 4.78 is 0. The molecule has 0 radical (unpaired) electrons. The molecule has 0 bridgehead atoms. The van der Waals surface area contributed by atoms with Crippen LogP contribution >= 0.6 is 0 Å². The Kier molecular flexibility index (Phi) is 5.49. The molecule has 1 aromatic heterocycles. The summed E-state index contributed by atoms with van der Waals surface area (Å²) in [4.78, 5) is 44.4. The lowest BCUT2D eigenvalue weighted by Gasteiger charge is -2.27. The molecule has 23 heavy (non-hydrogen) atoms. The highest BCUT2D eigenvalue weighted by molar-refractivity contribution is 5.93. The van der Waals surface area contributed by atoms with E-state index in [1.54, 1.807) is 13.1 Å². The molecule has 2 amide bonds. The minimum atomic E-state index is -0.728. The first-order chi connectivity index (χ1) is 10.9. The van der Waals surface area contributed by atoms with Crippen LogP contribution in [0.25, 0.3) is 0 Å². The molecular formula is C15H23N5O3. The highest BCUT2D eigenvalue weighted by Crippen LogP contribution is 2.19. The fourth-order valence-electron chi connectivity index (χ4n) is 2.65. The summed E-state index contributed by atoms with van der Waals surface area (Å²) in [6, 6.07) is -1.84. The SMILES string of the molecule is CC(=O)[C@@H](C)NC(=O)[C@@H]1CCCN1C(=O)[C@@H](N)Cc1cnc[nH]1. The summed E-state index contributed by atoms with van der Waals surface area (Å²) in [5, 5.41) is 2.65. The number of aromatic nitrogens is 2. The lowest BCUT2D eigenvalue weighted by molar-refractivity contribution is -0.140. The number of carbonyl (C=O) groups is 3. The molecule has 8 nitrogen and oxygen atoms in total. The maximum absolute atomic E-state index is 12.5. The van der Waals surface area contributed by atoms with Gasteiger partial charge in [-0.1, -0.05) is 0 Å². The van der Waals surface area contributed by atoms with Gasteiger partial charge in [0.05, 0.1) is 18.4 Å². The standard InChI is InChI=1S/C15H23N5O3/c1-9(10(2)21)19-14(22)13-4-3-5-20(13)15(23)12(16)6-11-7-17-8-18-11/h7-9,12-13H,3-6,16H2,1-2H3,(H,17,18)(H,19,22)/t9-,12+,13+/m1/s1. The van der Waals surface area contributed by atoms with Crippen molar-refractivity contribution in [1.82, 2.24) is 20.2 Å². The monoisotopic (exact) mass is 321 g/mol. The Hall–Kier alpha value is -2.22. The Bertz CT molecular complexity index is 572. The average molecular weight is 321 g/mol. The lowest BCUT2D eigenvalue weighted by atomic mass is 10.1. The van der Waals surface area contributed by atoms with Crippen LogP contribution in [0.15, 0.2) is 12.5 Å². The van der Waals surface area contributed by atoms with E-state index in [1.807, 2.05) is 0 Å². The largest absolute Gasteiger partial charge is 0.348 e. The fourth-order valence-corrected chi connectivity index (χ4v) is 2.65. The minimum absolute atomic E-state index is 0.120. The van der Waals surface area contributed by atoms with Crippen molar-refractivity contribution in [3.8, 4) is 0 Å². The molecule has 0 spiro atoms. The van der Waals surface area contributed by atoms with Gasteiger partial charge < -0.3 is 20.9 Å². The fraction of sp³-hybridized carbons (Fsp3) is 0.600. The van der Waals surface area contributed by atoms with Gasteiger partial charge in [-0.2, -0.15) is 0 Å². The Morgan fingerprint density at radius 2 is 2.26 bits per heavy atom. The maximum Gasteiger partial charge on any atom is 0.243 e. The average Bonchev–Trinajstić information content (AvgIpc) is 3.17. The number of aromatic amines is 1. The first-order valence-electron chi connectivity index (χ1n) is 7.74. The third kappa shape index (κ3) is 4.16.